The van der Waals surface area contributed by atoms with Crippen LogP contribution in [0.15, 0.2) is 97.1 Å². The van der Waals surface area contributed by atoms with Gasteiger partial charge in [-0.25, -0.2) is 0 Å². The molecule has 0 spiro atoms. The lowest BCUT2D eigenvalue weighted by Gasteiger charge is -2.28. The first-order chi connectivity index (χ1) is 23.0. The summed E-state index contributed by atoms with van der Waals surface area (Å²) in [5, 5.41) is 13.6. The van der Waals surface area contributed by atoms with E-state index in [0.29, 0.717) is 48.4 Å². The lowest BCUT2D eigenvalue weighted by atomic mass is 9.89. The van der Waals surface area contributed by atoms with Crippen LogP contribution in [-0.4, -0.2) is 72.7 Å². The molecule has 6 aromatic carbocycles. The molecular formula is C39H32N4O4. The maximum Gasteiger partial charge on any atom is 0.262 e. The van der Waals surface area contributed by atoms with E-state index in [0.717, 1.165) is 49.5 Å². The van der Waals surface area contributed by atoms with Crippen molar-refractivity contribution < 1.29 is 19.2 Å². The van der Waals surface area contributed by atoms with Crippen molar-refractivity contribution >= 4 is 66.7 Å². The summed E-state index contributed by atoms with van der Waals surface area (Å²) in [6.45, 7) is 2.85. The highest BCUT2D eigenvalue weighted by molar-refractivity contribution is 6.31. The maximum atomic E-state index is 13.6. The number of hydrogen-bond acceptors (Lipinski definition) is 6. The number of benzene rings is 6. The van der Waals surface area contributed by atoms with Crippen molar-refractivity contribution in [1.29, 1.82) is 0 Å². The van der Waals surface area contributed by atoms with Crippen LogP contribution in [0.3, 0.4) is 0 Å². The fourth-order valence-corrected chi connectivity index (χ4v) is 7.17. The Bertz CT molecular complexity index is 2130. The average Bonchev–Trinajstić information content (AvgIpc) is 3.09. The molecule has 2 aliphatic rings. The molecule has 8 nitrogen and oxygen atoms in total. The lowest BCUT2D eigenvalue weighted by molar-refractivity contribution is 0.0598. The van der Waals surface area contributed by atoms with Crippen LogP contribution in [-0.2, 0) is 0 Å². The molecule has 0 atom stereocenters. The van der Waals surface area contributed by atoms with Gasteiger partial charge in [0.25, 0.3) is 23.6 Å². The minimum atomic E-state index is -0.263. The molecule has 232 valence electrons. The molecule has 0 saturated heterocycles. The van der Waals surface area contributed by atoms with Gasteiger partial charge in [-0.3, -0.25) is 29.0 Å². The molecule has 2 aliphatic heterocycles. The van der Waals surface area contributed by atoms with Crippen LogP contribution in [0, 0.1) is 0 Å². The largest absolute Gasteiger partial charge is 0.315 e. The first-order valence-electron chi connectivity index (χ1n) is 16.1. The minimum absolute atomic E-state index is 0.257. The molecule has 0 unspecified atom stereocenters. The maximum absolute atomic E-state index is 13.6. The van der Waals surface area contributed by atoms with Gasteiger partial charge in [0.15, 0.2) is 0 Å². The molecule has 6 aromatic rings. The Balaban J connectivity index is 0.847. The van der Waals surface area contributed by atoms with Gasteiger partial charge in [-0.2, -0.15) is 0 Å². The first kappa shape index (κ1) is 29.0. The van der Waals surface area contributed by atoms with Crippen LogP contribution in [0.1, 0.15) is 47.9 Å². The molecule has 8 heteroatoms. The predicted molar refractivity (Wildman–Crippen MR) is 184 cm³/mol. The van der Waals surface area contributed by atoms with E-state index >= 15 is 0 Å². The fraction of sp³-hybridized carbons (Fsp3) is 0.179. The van der Waals surface area contributed by atoms with Gasteiger partial charge >= 0.3 is 0 Å². The second-order valence-electron chi connectivity index (χ2n) is 12.1. The van der Waals surface area contributed by atoms with E-state index in [1.54, 1.807) is 12.1 Å². The van der Waals surface area contributed by atoms with Gasteiger partial charge in [0.1, 0.15) is 0 Å². The van der Waals surface area contributed by atoms with Gasteiger partial charge in [-0.15, -0.1) is 0 Å². The van der Waals surface area contributed by atoms with Crippen molar-refractivity contribution in [2.24, 2.45) is 0 Å². The van der Waals surface area contributed by atoms with Gasteiger partial charge < -0.3 is 10.6 Å². The van der Waals surface area contributed by atoms with Gasteiger partial charge in [-0.1, -0.05) is 72.8 Å². The normalized spacial score (nSPS) is 14.4. The standard InChI is InChI=1S/C39H32N4O4/c44-36-30-14-5-10-26-22-24-8-1-3-12-28(24)34(32(26)30)38(46)42(36)20-18-40-16-7-17-41-19-21-43-37(45)31-15-6-11-27-23-25-9-2-4-13-29(25)35(33(27)31)39(43)47/h1-6,8-15,22-23,40-41H,7,16-21H2. The van der Waals surface area contributed by atoms with E-state index in [-0.39, 0.29) is 36.7 Å². The molecule has 4 amide bonds. The summed E-state index contributed by atoms with van der Waals surface area (Å²) < 4.78 is 0. The predicted octanol–water partition coefficient (Wildman–Crippen LogP) is 5.76. The topological polar surface area (TPSA) is 98.8 Å². The zero-order chi connectivity index (χ0) is 32.1. The molecule has 0 aromatic heterocycles. The lowest BCUT2D eigenvalue weighted by Crippen LogP contribution is -2.44. The summed E-state index contributed by atoms with van der Waals surface area (Å²) in [5.41, 5.74) is 2.31. The third-order valence-electron chi connectivity index (χ3n) is 9.38. The van der Waals surface area contributed by atoms with Crippen LogP contribution in [0.4, 0.5) is 0 Å². The van der Waals surface area contributed by atoms with Crippen molar-refractivity contribution in [2.45, 2.75) is 6.42 Å². The monoisotopic (exact) mass is 620 g/mol. The number of hydrogen-bond donors (Lipinski definition) is 2. The number of nitrogens with one attached hydrogen (secondary N) is 2. The molecule has 0 aliphatic carbocycles. The third kappa shape index (κ3) is 4.76. The van der Waals surface area contributed by atoms with Crippen LogP contribution < -0.4 is 10.6 Å². The van der Waals surface area contributed by atoms with Crippen molar-refractivity contribution in [2.75, 3.05) is 39.3 Å². The Morgan fingerprint density at radius 1 is 0.447 bits per heavy atom. The highest BCUT2D eigenvalue weighted by Crippen LogP contribution is 2.37. The molecule has 47 heavy (non-hydrogen) atoms. The van der Waals surface area contributed by atoms with Crippen molar-refractivity contribution in [3.8, 4) is 0 Å². The van der Waals surface area contributed by atoms with E-state index in [1.165, 1.54) is 9.80 Å². The summed E-state index contributed by atoms with van der Waals surface area (Å²) in [6.07, 6.45) is 0.795. The first-order valence-corrected chi connectivity index (χ1v) is 16.1. The van der Waals surface area contributed by atoms with E-state index in [4.69, 9.17) is 0 Å². The van der Waals surface area contributed by atoms with Crippen molar-refractivity contribution in [3.05, 3.63) is 119 Å². The average molecular weight is 621 g/mol. The summed E-state index contributed by atoms with van der Waals surface area (Å²) in [7, 11) is 0. The van der Waals surface area contributed by atoms with E-state index < -0.39 is 0 Å². The summed E-state index contributed by atoms with van der Waals surface area (Å²) >= 11 is 0. The number of nitrogens with zero attached hydrogens (tertiary/aromatic N) is 2. The summed E-state index contributed by atoms with van der Waals surface area (Å²) in [6, 6.07) is 30.9. The smallest absolute Gasteiger partial charge is 0.262 e. The van der Waals surface area contributed by atoms with E-state index in [1.807, 2.05) is 84.9 Å². The zero-order valence-corrected chi connectivity index (χ0v) is 25.7. The molecule has 0 saturated carbocycles. The Morgan fingerprint density at radius 2 is 0.872 bits per heavy atom. The molecule has 0 bridgehead atoms. The summed E-state index contributed by atoms with van der Waals surface area (Å²) in [4.78, 5) is 56.7. The van der Waals surface area contributed by atoms with Gasteiger partial charge in [0.05, 0.1) is 11.1 Å². The number of rotatable bonds is 10. The number of imide groups is 2. The number of carbonyl (C=O) groups excluding carboxylic acids is 4. The van der Waals surface area contributed by atoms with E-state index in [2.05, 4.69) is 10.6 Å². The molecular weight excluding hydrogens is 588 g/mol. The van der Waals surface area contributed by atoms with Crippen molar-refractivity contribution in [3.63, 3.8) is 0 Å². The van der Waals surface area contributed by atoms with Gasteiger partial charge in [0.2, 0.25) is 0 Å². The molecule has 0 radical (unpaired) electrons. The Morgan fingerprint density at radius 3 is 1.34 bits per heavy atom. The number of carbonyl (C=O) groups is 4. The van der Waals surface area contributed by atoms with Crippen LogP contribution >= 0.6 is 0 Å². The van der Waals surface area contributed by atoms with Gasteiger partial charge in [0, 0.05) is 48.1 Å². The van der Waals surface area contributed by atoms with Crippen LogP contribution in [0.25, 0.3) is 43.1 Å². The zero-order valence-electron chi connectivity index (χ0n) is 25.7. The van der Waals surface area contributed by atoms with Crippen molar-refractivity contribution in [1.82, 2.24) is 20.4 Å². The molecule has 2 N–H and O–H groups in total. The quantitative estimate of drug-likeness (QED) is 0.115. The molecule has 0 fully saturated rings. The van der Waals surface area contributed by atoms with Crippen LogP contribution in [0.2, 0.25) is 0 Å². The van der Waals surface area contributed by atoms with Crippen LogP contribution in [0.5, 0.6) is 0 Å². The second-order valence-corrected chi connectivity index (χ2v) is 12.1. The highest BCUT2D eigenvalue weighted by atomic mass is 16.2. The Kier molecular flexibility index (Phi) is 7.24. The number of fused-ring (bicyclic) bond motifs is 4. The van der Waals surface area contributed by atoms with Gasteiger partial charge in [-0.05, 0) is 76.1 Å². The minimum Gasteiger partial charge on any atom is -0.315 e. The molecule has 2 heterocycles. The Labute approximate surface area is 270 Å². The Hall–Kier alpha value is -5.44. The molecule has 8 rings (SSSR count). The second kappa shape index (κ2) is 11.7. The SMILES string of the molecule is O=C1c2cccc3cc4ccccc4c(c23)C(=O)N1CCNCCCNCCN1C(=O)c2cccc3cc4ccccc4c(c23)C1=O. The highest BCUT2D eigenvalue weighted by Gasteiger charge is 2.35. The third-order valence-corrected chi connectivity index (χ3v) is 9.38. The van der Waals surface area contributed by atoms with E-state index in [9.17, 15) is 19.2 Å². The number of amides is 4. The fourth-order valence-electron chi connectivity index (χ4n) is 7.17. The summed E-state index contributed by atoms with van der Waals surface area (Å²) in [5.74, 6) is -1.04.